The fourth-order valence-corrected chi connectivity index (χ4v) is 5.98. The number of carbonyl (C=O) groups is 4. The van der Waals surface area contributed by atoms with Crippen LogP contribution in [0.25, 0.3) is 11.1 Å². The van der Waals surface area contributed by atoms with Crippen LogP contribution in [0.15, 0.2) is 35.8 Å². The molecule has 4 rings (SSSR count). The SMILES string of the molecule is CC(C)(C)C(=O)Cl.Cc1cc(Cl)c(C2=C(O)C(C)(C)NC2=O)c(Cl)c1.Cc1cc(Cl)c(C2=C(OC(=O)C(C)(C)C)C(C)(C)NC2=O)c(Cl)c1. The Morgan fingerprint density at radius 1 is 0.673 bits per heavy atom. The number of aliphatic hydroxyl groups is 1. The van der Waals surface area contributed by atoms with Gasteiger partial charge in [0.25, 0.3) is 11.8 Å². The zero-order valence-electron chi connectivity index (χ0n) is 29.7. The summed E-state index contributed by atoms with van der Waals surface area (Å²) in [6, 6.07) is 6.86. The number of carbonyl (C=O) groups excluding carboxylic acids is 4. The molecule has 268 valence electrons. The van der Waals surface area contributed by atoms with Crippen molar-refractivity contribution in [3.63, 3.8) is 0 Å². The Morgan fingerprint density at radius 3 is 1.31 bits per heavy atom. The number of aryl methyl sites for hydroxylation is 2. The van der Waals surface area contributed by atoms with Gasteiger partial charge in [0.2, 0.25) is 5.24 Å². The van der Waals surface area contributed by atoms with Crippen LogP contribution in [0, 0.1) is 24.7 Å². The molecule has 49 heavy (non-hydrogen) atoms. The number of amides is 2. The first-order chi connectivity index (χ1) is 22.0. The molecule has 0 bridgehead atoms. The Balaban J connectivity index is 0.000000293. The van der Waals surface area contributed by atoms with Crippen LogP contribution in [0.2, 0.25) is 20.1 Å². The van der Waals surface area contributed by atoms with Crippen LogP contribution in [0.1, 0.15) is 91.5 Å². The zero-order chi connectivity index (χ0) is 38.2. The van der Waals surface area contributed by atoms with Gasteiger partial charge in [0.05, 0.1) is 47.7 Å². The van der Waals surface area contributed by atoms with Gasteiger partial charge in [-0.3, -0.25) is 19.2 Å². The lowest BCUT2D eigenvalue weighted by Gasteiger charge is -2.25. The average molecular weight is 777 g/mol. The highest BCUT2D eigenvalue weighted by atomic mass is 35.5. The first-order valence-corrected chi connectivity index (χ1v) is 17.1. The minimum absolute atomic E-state index is 0.0415. The molecule has 8 nitrogen and oxygen atoms in total. The first kappa shape index (κ1) is 42.4. The lowest BCUT2D eigenvalue weighted by Crippen LogP contribution is -2.40. The number of benzene rings is 2. The number of halogens is 5. The molecule has 13 heteroatoms. The van der Waals surface area contributed by atoms with Gasteiger partial charge in [0, 0.05) is 16.5 Å². The van der Waals surface area contributed by atoms with Crippen LogP contribution in [0.5, 0.6) is 0 Å². The second kappa shape index (κ2) is 15.2. The Morgan fingerprint density at radius 2 is 1.00 bits per heavy atom. The van der Waals surface area contributed by atoms with Crippen LogP contribution in [0.3, 0.4) is 0 Å². The molecule has 0 saturated heterocycles. The van der Waals surface area contributed by atoms with E-state index in [1.807, 2.05) is 13.8 Å². The van der Waals surface area contributed by atoms with Gasteiger partial charge in [0.1, 0.15) is 11.5 Å². The molecule has 2 aromatic carbocycles. The molecule has 2 aliphatic rings. The summed E-state index contributed by atoms with van der Waals surface area (Å²) in [6.45, 7) is 21.2. The van der Waals surface area contributed by atoms with E-state index in [2.05, 4.69) is 10.6 Å². The van der Waals surface area contributed by atoms with Gasteiger partial charge in [0.15, 0.2) is 0 Å². The number of hydrogen-bond donors (Lipinski definition) is 3. The second-order valence-corrected chi connectivity index (χ2v) is 16.9. The maximum atomic E-state index is 12.5. The Kier molecular flexibility index (Phi) is 13.2. The van der Waals surface area contributed by atoms with Crippen molar-refractivity contribution in [2.45, 2.75) is 94.2 Å². The fourth-order valence-electron chi connectivity index (χ4n) is 4.41. The molecular weight excluding hydrogens is 734 g/mol. The van der Waals surface area contributed by atoms with Crippen LogP contribution in [-0.4, -0.2) is 39.2 Å². The number of nitrogens with one attached hydrogen (secondary N) is 2. The summed E-state index contributed by atoms with van der Waals surface area (Å²) in [4.78, 5) is 47.1. The summed E-state index contributed by atoms with van der Waals surface area (Å²) in [5.41, 5.74) is 0.152. The smallest absolute Gasteiger partial charge is 0.316 e. The lowest BCUT2D eigenvalue weighted by molar-refractivity contribution is -0.149. The zero-order valence-corrected chi connectivity index (χ0v) is 33.5. The van der Waals surface area contributed by atoms with Gasteiger partial charge in [-0.1, -0.05) is 67.2 Å². The van der Waals surface area contributed by atoms with E-state index in [1.165, 1.54) is 0 Å². The molecule has 2 heterocycles. The third-order valence-electron chi connectivity index (χ3n) is 7.20. The quantitative estimate of drug-likeness (QED) is 0.211. The molecular formula is C36H43Cl5N2O6. The minimum atomic E-state index is -0.842. The van der Waals surface area contributed by atoms with E-state index in [4.69, 9.17) is 62.7 Å². The predicted molar refractivity (Wildman–Crippen MR) is 199 cm³/mol. The molecule has 0 aliphatic carbocycles. The van der Waals surface area contributed by atoms with Gasteiger partial charge in [-0.2, -0.15) is 0 Å². The molecule has 0 atom stereocenters. The molecule has 0 saturated carbocycles. The highest BCUT2D eigenvalue weighted by Gasteiger charge is 2.44. The Labute approximate surface area is 313 Å². The third-order valence-corrected chi connectivity index (χ3v) is 8.96. The van der Waals surface area contributed by atoms with Crippen LogP contribution >= 0.6 is 58.0 Å². The topological polar surface area (TPSA) is 122 Å². The molecule has 2 aliphatic heterocycles. The Hall–Kier alpha value is -2.75. The molecule has 2 amide bonds. The summed E-state index contributed by atoms with van der Waals surface area (Å²) >= 11 is 30.0. The van der Waals surface area contributed by atoms with E-state index >= 15 is 0 Å². The fraction of sp³-hybridized carbons (Fsp3) is 0.444. The normalized spacial score (nSPS) is 16.7. The first-order valence-electron chi connectivity index (χ1n) is 15.2. The molecule has 0 unspecified atom stereocenters. The van der Waals surface area contributed by atoms with Crippen molar-refractivity contribution in [1.29, 1.82) is 0 Å². The van der Waals surface area contributed by atoms with Crippen molar-refractivity contribution in [1.82, 2.24) is 10.6 Å². The molecule has 0 fully saturated rings. The second-order valence-electron chi connectivity index (χ2n) is 15.0. The summed E-state index contributed by atoms with van der Waals surface area (Å²) in [6.07, 6.45) is 0. The largest absolute Gasteiger partial charge is 0.509 e. The van der Waals surface area contributed by atoms with Crippen LogP contribution in [-0.2, 0) is 23.9 Å². The number of hydrogen-bond acceptors (Lipinski definition) is 6. The maximum absolute atomic E-state index is 12.5. The van der Waals surface area contributed by atoms with Crippen molar-refractivity contribution in [3.05, 3.63) is 78.1 Å². The lowest BCUT2D eigenvalue weighted by atomic mass is 9.95. The summed E-state index contributed by atoms with van der Waals surface area (Å²) < 4.78 is 5.61. The van der Waals surface area contributed by atoms with Crippen LogP contribution < -0.4 is 10.6 Å². The summed E-state index contributed by atoms with van der Waals surface area (Å²) in [7, 11) is 0. The number of esters is 1. The molecule has 0 radical (unpaired) electrons. The monoisotopic (exact) mass is 774 g/mol. The van der Waals surface area contributed by atoms with Crippen molar-refractivity contribution < 1.29 is 29.0 Å². The summed E-state index contributed by atoms with van der Waals surface area (Å²) in [5.74, 6) is -0.978. The number of ether oxygens (including phenoxy) is 1. The van der Waals surface area contributed by atoms with Gasteiger partial charge in [-0.15, -0.1) is 0 Å². The highest BCUT2D eigenvalue weighted by Crippen LogP contribution is 2.42. The van der Waals surface area contributed by atoms with E-state index in [9.17, 15) is 24.3 Å². The number of rotatable bonds is 3. The third kappa shape index (κ3) is 10.2. The van der Waals surface area contributed by atoms with Crippen molar-refractivity contribution >= 4 is 92.2 Å². The molecule has 0 spiro atoms. The summed E-state index contributed by atoms with van der Waals surface area (Å²) in [5, 5.41) is 16.7. The van der Waals surface area contributed by atoms with Crippen molar-refractivity contribution in [2.75, 3.05) is 0 Å². The van der Waals surface area contributed by atoms with E-state index in [0.29, 0.717) is 31.2 Å². The highest BCUT2D eigenvalue weighted by molar-refractivity contribution is 6.64. The van der Waals surface area contributed by atoms with Crippen molar-refractivity contribution in [2.24, 2.45) is 10.8 Å². The molecule has 0 aromatic heterocycles. The predicted octanol–water partition coefficient (Wildman–Crippen LogP) is 9.79. The van der Waals surface area contributed by atoms with Gasteiger partial charge in [-0.25, -0.2) is 0 Å². The average Bonchev–Trinajstić information content (AvgIpc) is 3.23. The maximum Gasteiger partial charge on any atom is 0.316 e. The molecule has 2 aromatic rings. The molecule has 3 N–H and O–H groups in total. The van der Waals surface area contributed by atoms with Gasteiger partial charge < -0.3 is 20.5 Å². The van der Waals surface area contributed by atoms with E-state index in [0.717, 1.165) is 11.1 Å². The van der Waals surface area contributed by atoms with E-state index in [1.54, 1.807) is 93.5 Å². The standard InChI is InChI=1S/C18H21Cl2NO3.C13H13Cl2NO2.C5H9ClO/c1-9-7-10(19)12(11(20)8-9)13-14(18(5,6)21-15(13)22)24-16(23)17(2,3)4;1-6-4-7(14)9(8(15)5-6)10-11(17)13(2,3)16-12(10)18;1-5(2,3)4(6)7/h7-8H,1-6H3,(H,21,22);4-5,17H,1-3H3,(H,16,18);1-3H3. The van der Waals surface area contributed by atoms with Gasteiger partial charge in [-0.05, 0) is 109 Å². The Bertz CT molecular complexity index is 1720. The van der Waals surface area contributed by atoms with E-state index in [-0.39, 0.29) is 45.1 Å². The minimum Gasteiger partial charge on any atom is -0.509 e. The van der Waals surface area contributed by atoms with Gasteiger partial charge >= 0.3 is 5.97 Å². The van der Waals surface area contributed by atoms with Crippen LogP contribution in [0.4, 0.5) is 0 Å². The number of aliphatic hydroxyl groups excluding tert-OH is 1. The van der Waals surface area contributed by atoms with Crippen molar-refractivity contribution in [3.8, 4) is 0 Å². The van der Waals surface area contributed by atoms with E-state index < -0.39 is 22.5 Å².